The summed E-state index contributed by atoms with van der Waals surface area (Å²) >= 11 is 0. The van der Waals surface area contributed by atoms with E-state index in [4.69, 9.17) is 9.84 Å². The van der Waals surface area contributed by atoms with Gasteiger partial charge >= 0.3 is 5.97 Å². The van der Waals surface area contributed by atoms with Gasteiger partial charge in [-0.25, -0.2) is 4.79 Å². The fourth-order valence-electron chi connectivity index (χ4n) is 2.04. The number of carboxylic acid groups (broad SMARTS) is 1. The molecule has 1 fully saturated rings. The molecule has 1 aliphatic rings. The summed E-state index contributed by atoms with van der Waals surface area (Å²) in [5.41, 5.74) is 1.20. The molecule has 1 aliphatic heterocycles. The summed E-state index contributed by atoms with van der Waals surface area (Å²) < 4.78 is 5.02. The summed E-state index contributed by atoms with van der Waals surface area (Å²) in [6.07, 6.45) is 2.35. The lowest BCUT2D eigenvalue weighted by molar-refractivity contribution is 0.0693. The van der Waals surface area contributed by atoms with Gasteiger partial charge in [0.15, 0.2) is 0 Å². The lowest BCUT2D eigenvalue weighted by Gasteiger charge is -2.18. The molecule has 1 aromatic rings. The van der Waals surface area contributed by atoms with E-state index in [1.165, 1.54) is 20.0 Å². The van der Waals surface area contributed by atoms with Crippen LogP contribution in [0, 0.1) is 0 Å². The molecule has 1 N–H and O–H groups in total. The number of carboxylic acids is 1. The Labute approximate surface area is 94.4 Å². The molecule has 1 saturated heterocycles. The Morgan fingerprint density at radius 3 is 2.62 bits per heavy atom. The van der Waals surface area contributed by atoms with Gasteiger partial charge in [0.1, 0.15) is 11.3 Å². The van der Waals surface area contributed by atoms with Crippen LogP contribution in [0.2, 0.25) is 0 Å². The maximum atomic E-state index is 11.0. The molecular weight excluding hydrogens is 206 g/mol. The van der Waals surface area contributed by atoms with Gasteiger partial charge in [0.25, 0.3) is 0 Å². The highest BCUT2D eigenvalue weighted by molar-refractivity contribution is 5.92. The molecule has 0 unspecified atom stereocenters. The number of aromatic carboxylic acids is 1. The van der Waals surface area contributed by atoms with Crippen molar-refractivity contribution in [1.29, 1.82) is 0 Å². The maximum Gasteiger partial charge on any atom is 0.339 e. The van der Waals surface area contributed by atoms with Gasteiger partial charge in [0.05, 0.1) is 7.11 Å². The van der Waals surface area contributed by atoms with Gasteiger partial charge in [0.2, 0.25) is 0 Å². The molecule has 0 radical (unpaired) electrons. The fraction of sp³-hybridized carbons (Fsp3) is 0.417. The van der Waals surface area contributed by atoms with Crippen LogP contribution in [-0.2, 0) is 0 Å². The van der Waals surface area contributed by atoms with E-state index in [0.717, 1.165) is 18.8 Å². The SMILES string of the molecule is COc1ccc(N2CCCC2)cc1C(=O)O. The van der Waals surface area contributed by atoms with Gasteiger partial charge < -0.3 is 14.7 Å². The normalized spacial score (nSPS) is 15.2. The molecule has 0 saturated carbocycles. The van der Waals surface area contributed by atoms with E-state index in [1.807, 2.05) is 6.07 Å². The van der Waals surface area contributed by atoms with Crippen molar-refractivity contribution in [1.82, 2.24) is 0 Å². The van der Waals surface area contributed by atoms with Crippen molar-refractivity contribution in [3.63, 3.8) is 0 Å². The van der Waals surface area contributed by atoms with Crippen LogP contribution in [0.1, 0.15) is 23.2 Å². The zero-order valence-corrected chi connectivity index (χ0v) is 9.27. The molecule has 4 nitrogen and oxygen atoms in total. The Morgan fingerprint density at radius 2 is 2.06 bits per heavy atom. The number of methoxy groups -OCH3 is 1. The highest BCUT2D eigenvalue weighted by atomic mass is 16.5. The lowest BCUT2D eigenvalue weighted by atomic mass is 10.1. The van der Waals surface area contributed by atoms with Crippen LogP contribution in [0.3, 0.4) is 0 Å². The van der Waals surface area contributed by atoms with E-state index in [9.17, 15) is 4.79 Å². The van der Waals surface area contributed by atoms with Crippen LogP contribution in [0.4, 0.5) is 5.69 Å². The van der Waals surface area contributed by atoms with E-state index in [0.29, 0.717) is 5.75 Å². The summed E-state index contributed by atoms with van der Waals surface area (Å²) in [5, 5.41) is 9.07. The summed E-state index contributed by atoms with van der Waals surface area (Å²) in [5.74, 6) is -0.534. The van der Waals surface area contributed by atoms with Crippen molar-refractivity contribution in [2.45, 2.75) is 12.8 Å². The minimum absolute atomic E-state index is 0.229. The van der Waals surface area contributed by atoms with E-state index in [2.05, 4.69) is 4.90 Å². The minimum atomic E-state index is -0.946. The molecule has 16 heavy (non-hydrogen) atoms. The number of hydrogen-bond acceptors (Lipinski definition) is 3. The summed E-state index contributed by atoms with van der Waals surface area (Å²) in [7, 11) is 1.48. The third-order valence-corrected chi connectivity index (χ3v) is 2.88. The van der Waals surface area contributed by atoms with Crippen molar-refractivity contribution in [2.75, 3.05) is 25.1 Å². The van der Waals surface area contributed by atoms with Crippen molar-refractivity contribution < 1.29 is 14.6 Å². The fourth-order valence-corrected chi connectivity index (χ4v) is 2.04. The second-order valence-corrected chi connectivity index (χ2v) is 3.88. The highest BCUT2D eigenvalue weighted by Crippen LogP contribution is 2.27. The number of benzene rings is 1. The molecule has 0 aliphatic carbocycles. The maximum absolute atomic E-state index is 11.0. The number of hydrogen-bond donors (Lipinski definition) is 1. The molecule has 1 aromatic carbocycles. The zero-order chi connectivity index (χ0) is 11.5. The first-order chi connectivity index (χ1) is 7.72. The molecule has 2 rings (SSSR count). The predicted molar refractivity (Wildman–Crippen MR) is 61.4 cm³/mol. The van der Waals surface area contributed by atoms with Gasteiger partial charge in [-0.15, -0.1) is 0 Å². The molecule has 0 atom stereocenters. The minimum Gasteiger partial charge on any atom is -0.496 e. The van der Waals surface area contributed by atoms with E-state index in [1.54, 1.807) is 12.1 Å². The van der Waals surface area contributed by atoms with Crippen LogP contribution in [0.5, 0.6) is 5.75 Å². The number of anilines is 1. The largest absolute Gasteiger partial charge is 0.496 e. The zero-order valence-electron chi connectivity index (χ0n) is 9.27. The van der Waals surface area contributed by atoms with Crippen molar-refractivity contribution in [3.05, 3.63) is 23.8 Å². The first-order valence-electron chi connectivity index (χ1n) is 5.38. The van der Waals surface area contributed by atoms with Crippen molar-refractivity contribution in [3.8, 4) is 5.75 Å². The number of ether oxygens (including phenoxy) is 1. The molecule has 0 aromatic heterocycles. The highest BCUT2D eigenvalue weighted by Gasteiger charge is 2.16. The van der Waals surface area contributed by atoms with Crippen LogP contribution in [-0.4, -0.2) is 31.3 Å². The van der Waals surface area contributed by atoms with E-state index >= 15 is 0 Å². The van der Waals surface area contributed by atoms with E-state index in [-0.39, 0.29) is 5.56 Å². The van der Waals surface area contributed by atoms with Crippen molar-refractivity contribution in [2.24, 2.45) is 0 Å². The van der Waals surface area contributed by atoms with Gasteiger partial charge in [0, 0.05) is 18.8 Å². The predicted octanol–water partition coefficient (Wildman–Crippen LogP) is 1.99. The first-order valence-corrected chi connectivity index (χ1v) is 5.38. The molecule has 86 valence electrons. The van der Waals surface area contributed by atoms with Gasteiger partial charge in [-0.1, -0.05) is 0 Å². The van der Waals surface area contributed by atoms with Gasteiger partial charge in [-0.3, -0.25) is 0 Å². The Bertz CT molecular complexity index is 397. The second kappa shape index (κ2) is 4.43. The quantitative estimate of drug-likeness (QED) is 0.848. The van der Waals surface area contributed by atoms with E-state index < -0.39 is 5.97 Å². The molecule has 0 amide bonds. The van der Waals surface area contributed by atoms with Crippen molar-refractivity contribution >= 4 is 11.7 Å². The van der Waals surface area contributed by atoms with Crippen LogP contribution < -0.4 is 9.64 Å². The molecule has 0 spiro atoms. The number of carbonyl (C=O) groups is 1. The second-order valence-electron chi connectivity index (χ2n) is 3.88. The number of rotatable bonds is 3. The smallest absolute Gasteiger partial charge is 0.339 e. The monoisotopic (exact) mass is 221 g/mol. The van der Waals surface area contributed by atoms with Crippen LogP contribution in [0.15, 0.2) is 18.2 Å². The first kappa shape index (κ1) is 10.8. The average molecular weight is 221 g/mol. The van der Waals surface area contributed by atoms with Gasteiger partial charge in [-0.05, 0) is 31.0 Å². The third-order valence-electron chi connectivity index (χ3n) is 2.88. The Morgan fingerprint density at radius 1 is 1.38 bits per heavy atom. The standard InChI is InChI=1S/C12H15NO3/c1-16-11-5-4-9(8-10(11)12(14)15)13-6-2-3-7-13/h4-5,8H,2-3,6-7H2,1H3,(H,14,15). The molecule has 1 heterocycles. The topological polar surface area (TPSA) is 49.8 Å². The Hall–Kier alpha value is -1.71. The molecular formula is C12H15NO3. The summed E-state index contributed by atoms with van der Waals surface area (Å²) in [6.45, 7) is 2.01. The lowest BCUT2D eigenvalue weighted by Crippen LogP contribution is -2.18. The summed E-state index contributed by atoms with van der Waals surface area (Å²) in [6, 6.07) is 5.32. The molecule has 4 heteroatoms. The summed E-state index contributed by atoms with van der Waals surface area (Å²) in [4.78, 5) is 13.2. The number of nitrogens with zero attached hydrogens (tertiary/aromatic N) is 1. The third kappa shape index (κ3) is 1.96. The molecule has 0 bridgehead atoms. The Balaban J connectivity index is 2.34. The van der Waals surface area contributed by atoms with Gasteiger partial charge in [-0.2, -0.15) is 0 Å². The van der Waals surface area contributed by atoms with Crippen LogP contribution >= 0.6 is 0 Å². The Kier molecular flexibility index (Phi) is 2.99. The van der Waals surface area contributed by atoms with Crippen LogP contribution in [0.25, 0.3) is 0 Å². The average Bonchev–Trinajstić information content (AvgIpc) is 2.81.